The first kappa shape index (κ1) is 15.7. The van der Waals surface area contributed by atoms with E-state index in [9.17, 15) is 19.2 Å². The quantitative estimate of drug-likeness (QED) is 0.350. The molecule has 0 saturated carbocycles. The molecule has 0 heterocycles. The zero-order valence-corrected chi connectivity index (χ0v) is 9.86. The largest absolute Gasteiger partial charge is 0.480 e. The second-order valence-electron chi connectivity index (χ2n) is 3.57. The van der Waals surface area contributed by atoms with Gasteiger partial charge >= 0.3 is 12.0 Å². The van der Waals surface area contributed by atoms with Gasteiger partial charge in [-0.15, -0.1) is 0 Å². The van der Waals surface area contributed by atoms with E-state index in [1.807, 2.05) is 0 Å². The molecule has 1 unspecified atom stereocenters. The normalized spacial score (nSPS) is 11.2. The van der Waals surface area contributed by atoms with Crippen molar-refractivity contribution in [3.05, 3.63) is 0 Å². The lowest BCUT2D eigenvalue weighted by atomic mass is 10.2. The molecule has 9 heteroatoms. The number of primary amides is 1. The van der Waals surface area contributed by atoms with Crippen molar-refractivity contribution in [1.82, 2.24) is 16.0 Å². The number of urea groups is 1. The summed E-state index contributed by atoms with van der Waals surface area (Å²) >= 11 is 0. The molecule has 9 nitrogen and oxygen atoms in total. The maximum Gasteiger partial charge on any atom is 0.322 e. The lowest BCUT2D eigenvalue weighted by molar-refractivity contribution is -0.137. The third kappa shape index (κ3) is 8.95. The molecule has 0 aliphatic rings. The summed E-state index contributed by atoms with van der Waals surface area (Å²) in [6, 6.07) is -1.10. The Hall–Kier alpha value is -2.32. The minimum absolute atomic E-state index is 0.0152. The molecule has 4 amide bonds. The zero-order valence-electron chi connectivity index (χ0n) is 9.86. The molecule has 0 radical (unpaired) electrons. The number of carboxylic acids is 1. The third-order valence-electron chi connectivity index (χ3n) is 1.73. The molecule has 0 aliphatic carbocycles. The van der Waals surface area contributed by atoms with Crippen molar-refractivity contribution in [2.45, 2.75) is 19.4 Å². The number of nitrogens with two attached hydrogens (primary N) is 1. The molecular weight excluding hydrogens is 244 g/mol. The van der Waals surface area contributed by atoms with Crippen LogP contribution in [-0.4, -0.2) is 48.1 Å². The maximum atomic E-state index is 11.2. The summed E-state index contributed by atoms with van der Waals surface area (Å²) in [5, 5.41) is 14.9. The molecule has 1 atom stereocenters. The van der Waals surface area contributed by atoms with Crippen LogP contribution < -0.4 is 21.7 Å². The summed E-state index contributed by atoms with van der Waals surface area (Å²) in [6.07, 6.45) is -0.0152. The third-order valence-corrected chi connectivity index (χ3v) is 1.73. The Bertz CT molecular complexity index is 344. The summed E-state index contributed by atoms with van der Waals surface area (Å²) in [5.41, 5.74) is 4.93. The van der Waals surface area contributed by atoms with Gasteiger partial charge in [0.15, 0.2) is 0 Å². The van der Waals surface area contributed by atoms with Gasteiger partial charge in [-0.3, -0.25) is 14.4 Å². The average molecular weight is 260 g/mol. The van der Waals surface area contributed by atoms with Crippen LogP contribution in [0.4, 0.5) is 4.79 Å². The lowest BCUT2D eigenvalue weighted by Gasteiger charge is -2.12. The Kier molecular flexibility index (Phi) is 6.86. The van der Waals surface area contributed by atoms with Crippen molar-refractivity contribution >= 4 is 23.8 Å². The summed E-state index contributed by atoms with van der Waals surface area (Å²) in [4.78, 5) is 42.9. The SMILES string of the molecule is CC(CC(N)=O)NC(=O)NCC(=O)NCC(=O)O. The predicted molar refractivity (Wildman–Crippen MR) is 60.5 cm³/mol. The van der Waals surface area contributed by atoms with E-state index in [2.05, 4.69) is 16.0 Å². The number of carbonyl (C=O) groups is 4. The van der Waals surface area contributed by atoms with Crippen LogP contribution >= 0.6 is 0 Å². The van der Waals surface area contributed by atoms with E-state index < -0.39 is 36.4 Å². The van der Waals surface area contributed by atoms with Crippen LogP contribution in [0.5, 0.6) is 0 Å². The number of hydrogen-bond acceptors (Lipinski definition) is 4. The number of nitrogens with one attached hydrogen (secondary N) is 3. The summed E-state index contributed by atoms with van der Waals surface area (Å²) < 4.78 is 0. The summed E-state index contributed by atoms with van der Waals surface area (Å²) in [5.74, 6) is -2.36. The van der Waals surface area contributed by atoms with Gasteiger partial charge in [0.1, 0.15) is 6.54 Å². The van der Waals surface area contributed by atoms with Crippen LogP contribution in [0.15, 0.2) is 0 Å². The minimum Gasteiger partial charge on any atom is -0.480 e. The van der Waals surface area contributed by atoms with Gasteiger partial charge in [0.05, 0.1) is 6.54 Å². The van der Waals surface area contributed by atoms with Crippen LogP contribution in [0.25, 0.3) is 0 Å². The van der Waals surface area contributed by atoms with Gasteiger partial charge in [0.2, 0.25) is 11.8 Å². The monoisotopic (exact) mass is 260 g/mol. The number of carbonyl (C=O) groups excluding carboxylic acids is 3. The van der Waals surface area contributed by atoms with Crippen molar-refractivity contribution < 1.29 is 24.3 Å². The molecule has 0 aliphatic heterocycles. The fourth-order valence-corrected chi connectivity index (χ4v) is 1.02. The fraction of sp³-hybridized carbons (Fsp3) is 0.556. The number of amides is 4. The van der Waals surface area contributed by atoms with E-state index in [0.717, 1.165) is 0 Å². The van der Waals surface area contributed by atoms with Gasteiger partial charge in [0.25, 0.3) is 0 Å². The smallest absolute Gasteiger partial charge is 0.322 e. The highest BCUT2D eigenvalue weighted by Gasteiger charge is 2.10. The Morgan fingerprint density at radius 1 is 1.17 bits per heavy atom. The van der Waals surface area contributed by atoms with Crippen molar-refractivity contribution in [1.29, 1.82) is 0 Å². The standard InChI is InChI=1S/C9H16N4O5/c1-5(2-6(10)14)13-9(18)12-3-7(15)11-4-8(16)17/h5H,2-4H2,1H3,(H2,10,14)(H,11,15)(H,16,17)(H2,12,13,18). The molecule has 102 valence electrons. The molecule has 0 bridgehead atoms. The molecule has 0 rings (SSSR count). The van der Waals surface area contributed by atoms with E-state index in [1.165, 1.54) is 0 Å². The molecule has 6 N–H and O–H groups in total. The van der Waals surface area contributed by atoms with Gasteiger partial charge in [-0.05, 0) is 6.92 Å². The van der Waals surface area contributed by atoms with Crippen LogP contribution in [0.3, 0.4) is 0 Å². The molecule has 0 aromatic rings. The molecule has 0 saturated heterocycles. The summed E-state index contributed by atoms with van der Waals surface area (Å²) in [6.45, 7) is 0.706. The highest BCUT2D eigenvalue weighted by Crippen LogP contribution is 1.87. The second kappa shape index (κ2) is 7.87. The fourth-order valence-electron chi connectivity index (χ4n) is 1.02. The summed E-state index contributed by atoms with van der Waals surface area (Å²) in [7, 11) is 0. The number of rotatable bonds is 7. The van der Waals surface area contributed by atoms with Crippen LogP contribution in [-0.2, 0) is 14.4 Å². The molecule has 0 fully saturated rings. The molecule has 0 aromatic heterocycles. The van der Waals surface area contributed by atoms with E-state index in [1.54, 1.807) is 6.92 Å². The first-order valence-electron chi connectivity index (χ1n) is 5.12. The number of carboxylic acid groups (broad SMARTS) is 1. The Labute approximate surface area is 103 Å². The topological polar surface area (TPSA) is 151 Å². The molecule has 0 spiro atoms. The molecular formula is C9H16N4O5. The van der Waals surface area contributed by atoms with Gasteiger partial charge in [0, 0.05) is 12.5 Å². The lowest BCUT2D eigenvalue weighted by Crippen LogP contribution is -2.46. The second-order valence-corrected chi connectivity index (χ2v) is 3.57. The van der Waals surface area contributed by atoms with Gasteiger partial charge in [-0.1, -0.05) is 0 Å². The van der Waals surface area contributed by atoms with Crippen LogP contribution in [0.2, 0.25) is 0 Å². The van der Waals surface area contributed by atoms with Crippen LogP contribution in [0, 0.1) is 0 Å². The number of aliphatic carboxylic acids is 1. The minimum atomic E-state index is -1.18. The van der Waals surface area contributed by atoms with Crippen molar-refractivity contribution in [2.75, 3.05) is 13.1 Å². The average Bonchev–Trinajstić information content (AvgIpc) is 2.22. The van der Waals surface area contributed by atoms with E-state index in [-0.39, 0.29) is 13.0 Å². The Morgan fingerprint density at radius 2 is 1.78 bits per heavy atom. The van der Waals surface area contributed by atoms with Crippen molar-refractivity contribution in [3.63, 3.8) is 0 Å². The van der Waals surface area contributed by atoms with Gasteiger partial charge in [-0.2, -0.15) is 0 Å². The first-order valence-corrected chi connectivity index (χ1v) is 5.12. The predicted octanol–water partition coefficient (Wildman–Crippen LogP) is -2.25. The maximum absolute atomic E-state index is 11.2. The Morgan fingerprint density at radius 3 is 2.28 bits per heavy atom. The highest BCUT2D eigenvalue weighted by atomic mass is 16.4. The highest BCUT2D eigenvalue weighted by molar-refractivity contribution is 5.86. The van der Waals surface area contributed by atoms with E-state index in [4.69, 9.17) is 10.8 Å². The van der Waals surface area contributed by atoms with Crippen molar-refractivity contribution in [2.24, 2.45) is 5.73 Å². The van der Waals surface area contributed by atoms with Crippen LogP contribution in [0.1, 0.15) is 13.3 Å². The number of hydrogen-bond donors (Lipinski definition) is 5. The first-order chi connectivity index (χ1) is 8.31. The molecule has 0 aromatic carbocycles. The van der Waals surface area contributed by atoms with Gasteiger partial charge in [-0.25, -0.2) is 4.79 Å². The zero-order chi connectivity index (χ0) is 14.1. The van der Waals surface area contributed by atoms with Crippen molar-refractivity contribution in [3.8, 4) is 0 Å². The molecule has 18 heavy (non-hydrogen) atoms. The van der Waals surface area contributed by atoms with E-state index in [0.29, 0.717) is 0 Å². The van der Waals surface area contributed by atoms with E-state index >= 15 is 0 Å². The Balaban J connectivity index is 3.79. The van der Waals surface area contributed by atoms with Gasteiger partial charge < -0.3 is 26.8 Å².